The lowest BCUT2D eigenvalue weighted by molar-refractivity contribution is 0.452. The van der Waals surface area contributed by atoms with Gasteiger partial charge in [-0.1, -0.05) is 25.4 Å². The zero-order valence-corrected chi connectivity index (χ0v) is 11.8. The summed E-state index contributed by atoms with van der Waals surface area (Å²) in [5, 5.41) is 3.62. The summed E-state index contributed by atoms with van der Waals surface area (Å²) >= 11 is 5.96. The molecule has 0 aliphatic rings. The number of rotatable bonds is 6. The van der Waals surface area contributed by atoms with Crippen LogP contribution >= 0.6 is 11.6 Å². The molecule has 4 heteroatoms. The van der Waals surface area contributed by atoms with Crippen LogP contribution in [-0.2, 0) is 0 Å². The third kappa shape index (κ3) is 3.92. The molecule has 0 fully saturated rings. The van der Waals surface area contributed by atoms with E-state index in [0.29, 0.717) is 5.02 Å². The lowest BCUT2D eigenvalue weighted by Crippen LogP contribution is -2.28. The van der Waals surface area contributed by atoms with E-state index < -0.39 is 11.6 Å². The van der Waals surface area contributed by atoms with Gasteiger partial charge in [0.1, 0.15) is 0 Å². The summed E-state index contributed by atoms with van der Waals surface area (Å²) in [6, 6.07) is 2.72. The maximum Gasteiger partial charge on any atom is 0.163 e. The third-order valence-electron chi connectivity index (χ3n) is 3.02. The van der Waals surface area contributed by atoms with Crippen molar-refractivity contribution >= 4 is 11.6 Å². The Morgan fingerprint density at radius 3 is 2.56 bits per heavy atom. The Labute approximate surface area is 113 Å². The highest BCUT2D eigenvalue weighted by Crippen LogP contribution is 2.31. The molecule has 0 amide bonds. The maximum atomic E-state index is 13.7. The predicted molar refractivity (Wildman–Crippen MR) is 72.2 cm³/mol. The van der Waals surface area contributed by atoms with Crippen molar-refractivity contribution in [3.8, 4) is 0 Å². The van der Waals surface area contributed by atoms with Gasteiger partial charge in [0.15, 0.2) is 11.6 Å². The second kappa shape index (κ2) is 7.05. The fourth-order valence-corrected chi connectivity index (χ4v) is 2.45. The summed E-state index contributed by atoms with van der Waals surface area (Å²) in [5.41, 5.74) is 0.279. The maximum absolute atomic E-state index is 13.7. The molecule has 1 aromatic rings. The number of hydrogen-bond acceptors (Lipinski definition) is 1. The quantitative estimate of drug-likeness (QED) is 0.754. The van der Waals surface area contributed by atoms with E-state index in [9.17, 15) is 8.78 Å². The van der Waals surface area contributed by atoms with Crippen molar-refractivity contribution in [3.63, 3.8) is 0 Å². The molecule has 1 aromatic carbocycles. The molecular weight excluding hydrogens is 256 g/mol. The highest BCUT2D eigenvalue weighted by Gasteiger charge is 2.20. The number of benzene rings is 1. The minimum absolute atomic E-state index is 0.118. The van der Waals surface area contributed by atoms with Crippen molar-refractivity contribution in [2.24, 2.45) is 0 Å². The first-order valence-corrected chi connectivity index (χ1v) is 6.71. The molecule has 0 bridgehead atoms. The largest absolute Gasteiger partial charge is 0.314 e. The average Bonchev–Trinajstić information content (AvgIpc) is 2.31. The molecule has 0 radical (unpaired) electrons. The fourth-order valence-electron chi connectivity index (χ4n) is 2.12. The predicted octanol–water partition coefficient (Wildman–Crippen LogP) is 4.50. The second-order valence-electron chi connectivity index (χ2n) is 4.75. The Kier molecular flexibility index (Phi) is 6.03. The number of nitrogens with one attached hydrogen (secondary N) is 1. The topological polar surface area (TPSA) is 12.0 Å². The summed E-state index contributed by atoms with van der Waals surface area (Å²) in [6.07, 6.45) is 1.77. The summed E-state index contributed by atoms with van der Waals surface area (Å²) in [7, 11) is 0. The van der Waals surface area contributed by atoms with Gasteiger partial charge in [-0.2, -0.15) is 0 Å². The van der Waals surface area contributed by atoms with Crippen LogP contribution in [0, 0.1) is 11.6 Å². The van der Waals surface area contributed by atoms with Gasteiger partial charge >= 0.3 is 0 Å². The summed E-state index contributed by atoms with van der Waals surface area (Å²) in [5.74, 6) is -1.78. The first-order valence-electron chi connectivity index (χ1n) is 6.34. The molecule has 102 valence electrons. The summed E-state index contributed by atoms with van der Waals surface area (Å²) in [6.45, 7) is 6.92. The van der Waals surface area contributed by atoms with Crippen LogP contribution in [-0.4, -0.2) is 12.6 Å². The molecule has 2 unspecified atom stereocenters. The zero-order chi connectivity index (χ0) is 13.7. The van der Waals surface area contributed by atoms with Crippen molar-refractivity contribution < 1.29 is 8.78 Å². The molecule has 18 heavy (non-hydrogen) atoms. The first kappa shape index (κ1) is 15.4. The Morgan fingerprint density at radius 2 is 1.94 bits per heavy atom. The van der Waals surface area contributed by atoms with E-state index in [2.05, 4.69) is 12.2 Å². The normalized spacial score (nSPS) is 14.6. The highest BCUT2D eigenvalue weighted by atomic mass is 35.5. The lowest BCUT2D eigenvalue weighted by Gasteiger charge is -2.20. The van der Waals surface area contributed by atoms with Gasteiger partial charge < -0.3 is 5.32 Å². The van der Waals surface area contributed by atoms with Crippen LogP contribution in [0.3, 0.4) is 0 Å². The van der Waals surface area contributed by atoms with Crippen molar-refractivity contribution in [3.05, 3.63) is 34.4 Å². The van der Waals surface area contributed by atoms with E-state index in [1.165, 1.54) is 6.07 Å². The van der Waals surface area contributed by atoms with Crippen LogP contribution in [0.5, 0.6) is 0 Å². The SMILES string of the molecule is CCCNC(C)CC(C)c1c(Cl)ccc(F)c1F. The first-order chi connectivity index (χ1) is 8.47. The minimum Gasteiger partial charge on any atom is -0.314 e. The van der Waals surface area contributed by atoms with E-state index in [4.69, 9.17) is 11.6 Å². The van der Waals surface area contributed by atoms with Gasteiger partial charge in [0.2, 0.25) is 0 Å². The standard InChI is InChI=1S/C14H20ClF2N/c1-4-7-18-10(3)8-9(2)13-11(15)5-6-12(16)14(13)17/h5-6,9-10,18H,4,7-8H2,1-3H3. The van der Waals surface area contributed by atoms with Crippen LogP contribution in [0.15, 0.2) is 12.1 Å². The average molecular weight is 276 g/mol. The smallest absolute Gasteiger partial charge is 0.163 e. The molecule has 0 saturated carbocycles. The zero-order valence-electron chi connectivity index (χ0n) is 11.1. The summed E-state index contributed by atoms with van der Waals surface area (Å²) < 4.78 is 26.9. The van der Waals surface area contributed by atoms with Gasteiger partial charge in [0.25, 0.3) is 0 Å². The fraction of sp³-hybridized carbons (Fsp3) is 0.571. The van der Waals surface area contributed by atoms with E-state index in [0.717, 1.165) is 25.5 Å². The van der Waals surface area contributed by atoms with Crippen LogP contribution in [0.1, 0.15) is 45.1 Å². The lowest BCUT2D eigenvalue weighted by atomic mass is 9.93. The molecule has 1 N–H and O–H groups in total. The molecule has 0 spiro atoms. The molecule has 0 aliphatic carbocycles. The Morgan fingerprint density at radius 1 is 1.28 bits per heavy atom. The van der Waals surface area contributed by atoms with Gasteiger partial charge in [-0.3, -0.25) is 0 Å². The molecule has 0 aromatic heterocycles. The minimum atomic E-state index is -0.838. The Balaban J connectivity index is 2.78. The van der Waals surface area contributed by atoms with Gasteiger partial charge in [-0.25, -0.2) is 8.78 Å². The second-order valence-corrected chi connectivity index (χ2v) is 5.16. The van der Waals surface area contributed by atoms with Crippen LogP contribution in [0.2, 0.25) is 5.02 Å². The van der Waals surface area contributed by atoms with E-state index in [-0.39, 0.29) is 17.5 Å². The van der Waals surface area contributed by atoms with Crippen LogP contribution in [0.25, 0.3) is 0 Å². The summed E-state index contributed by atoms with van der Waals surface area (Å²) in [4.78, 5) is 0. The third-order valence-corrected chi connectivity index (χ3v) is 3.35. The number of hydrogen-bond donors (Lipinski definition) is 1. The molecule has 1 nitrogen and oxygen atoms in total. The Bertz CT molecular complexity index is 396. The number of halogens is 3. The van der Waals surface area contributed by atoms with Crippen molar-refractivity contribution in [2.75, 3.05) is 6.54 Å². The molecule has 2 atom stereocenters. The monoisotopic (exact) mass is 275 g/mol. The molecule has 0 heterocycles. The van der Waals surface area contributed by atoms with Crippen molar-refractivity contribution in [1.82, 2.24) is 5.32 Å². The van der Waals surface area contributed by atoms with Gasteiger partial charge in [0.05, 0.1) is 0 Å². The van der Waals surface area contributed by atoms with Gasteiger partial charge in [-0.15, -0.1) is 0 Å². The molecular formula is C14H20ClF2N. The van der Waals surface area contributed by atoms with E-state index >= 15 is 0 Å². The van der Waals surface area contributed by atoms with Gasteiger partial charge in [0, 0.05) is 16.6 Å². The molecule has 0 saturated heterocycles. The van der Waals surface area contributed by atoms with E-state index in [1.54, 1.807) is 0 Å². The Hall–Kier alpha value is -0.670. The highest BCUT2D eigenvalue weighted by molar-refractivity contribution is 6.31. The van der Waals surface area contributed by atoms with Gasteiger partial charge in [-0.05, 0) is 44.4 Å². The van der Waals surface area contributed by atoms with Crippen LogP contribution < -0.4 is 5.32 Å². The molecule has 0 aliphatic heterocycles. The van der Waals surface area contributed by atoms with E-state index in [1.807, 2.05) is 13.8 Å². The molecule has 1 rings (SSSR count). The van der Waals surface area contributed by atoms with Crippen molar-refractivity contribution in [2.45, 2.75) is 45.6 Å². The van der Waals surface area contributed by atoms with Crippen molar-refractivity contribution in [1.29, 1.82) is 0 Å². The van der Waals surface area contributed by atoms with Crippen LogP contribution in [0.4, 0.5) is 8.78 Å².